The van der Waals surface area contributed by atoms with Crippen LogP contribution in [-0.2, 0) is 0 Å². The fraction of sp³-hybridized carbons (Fsp3) is 0.474. The summed E-state index contributed by atoms with van der Waals surface area (Å²) in [6.07, 6.45) is 5.61. The highest BCUT2D eigenvalue weighted by Crippen LogP contribution is 2.50. The van der Waals surface area contributed by atoms with E-state index in [1.54, 1.807) is 11.1 Å². The van der Waals surface area contributed by atoms with Crippen LogP contribution in [0.1, 0.15) is 36.8 Å². The first-order valence-electron chi connectivity index (χ1n) is 8.14. The third kappa shape index (κ3) is 2.42. The second kappa shape index (κ2) is 6.35. The highest BCUT2D eigenvalue weighted by atomic mass is 35.5. The zero-order valence-electron chi connectivity index (χ0n) is 13.3. The summed E-state index contributed by atoms with van der Waals surface area (Å²) < 4.78 is 1.51. The van der Waals surface area contributed by atoms with Crippen LogP contribution in [0.15, 0.2) is 29.2 Å². The minimum Gasteiger partial charge on any atom is -0.316 e. The first-order valence-corrected chi connectivity index (χ1v) is 9.02. The van der Waals surface area contributed by atoms with E-state index in [1.165, 1.54) is 46.9 Å². The van der Waals surface area contributed by atoms with Crippen molar-refractivity contribution in [3.8, 4) is 0 Å². The van der Waals surface area contributed by atoms with E-state index < -0.39 is 0 Å². The molecule has 3 aliphatic carbocycles. The summed E-state index contributed by atoms with van der Waals surface area (Å²) >= 11 is 1.93. The third-order valence-corrected chi connectivity index (χ3v) is 6.57. The summed E-state index contributed by atoms with van der Waals surface area (Å²) in [6, 6.07) is 6.90. The van der Waals surface area contributed by atoms with Crippen molar-refractivity contribution in [3.05, 3.63) is 40.3 Å². The molecule has 1 nitrogen and oxygen atoms in total. The lowest BCUT2D eigenvalue weighted by Crippen LogP contribution is -2.30. The van der Waals surface area contributed by atoms with E-state index in [-0.39, 0.29) is 12.4 Å². The number of hydrogen-bond donors (Lipinski definition) is 1. The number of hydrogen-bond acceptors (Lipinski definition) is 2. The number of fused-ring (bicyclic) bond motifs is 3. The van der Waals surface area contributed by atoms with E-state index in [4.69, 9.17) is 0 Å². The van der Waals surface area contributed by atoms with Crippen molar-refractivity contribution in [1.82, 2.24) is 5.32 Å². The molecule has 22 heavy (non-hydrogen) atoms. The van der Waals surface area contributed by atoms with Crippen LogP contribution in [0.2, 0.25) is 0 Å². The highest BCUT2D eigenvalue weighted by molar-refractivity contribution is 7.17. The molecule has 3 aliphatic rings. The van der Waals surface area contributed by atoms with Gasteiger partial charge < -0.3 is 5.32 Å². The summed E-state index contributed by atoms with van der Waals surface area (Å²) in [5.74, 6) is 1.63. The average molecular weight is 334 g/mol. The third-order valence-electron chi connectivity index (χ3n) is 5.43. The van der Waals surface area contributed by atoms with E-state index in [1.807, 2.05) is 11.3 Å². The zero-order chi connectivity index (χ0) is 14.4. The van der Waals surface area contributed by atoms with Gasteiger partial charge in [0.25, 0.3) is 0 Å². The summed E-state index contributed by atoms with van der Waals surface area (Å²) in [5, 5.41) is 7.19. The summed E-state index contributed by atoms with van der Waals surface area (Å²) in [4.78, 5) is 0. The Kier molecular flexibility index (Phi) is 4.63. The van der Waals surface area contributed by atoms with Crippen molar-refractivity contribution in [3.63, 3.8) is 0 Å². The van der Waals surface area contributed by atoms with Gasteiger partial charge in [-0.15, -0.1) is 23.7 Å². The number of allylic oxidation sites excluding steroid dienone is 1. The van der Waals surface area contributed by atoms with E-state index >= 15 is 0 Å². The lowest BCUT2D eigenvalue weighted by molar-refractivity contribution is 0.319. The van der Waals surface area contributed by atoms with Gasteiger partial charge in [-0.2, -0.15) is 0 Å². The normalized spacial score (nSPS) is 23.9. The van der Waals surface area contributed by atoms with E-state index in [0.717, 1.165) is 18.4 Å². The molecular formula is C19H24ClNS. The van der Waals surface area contributed by atoms with Gasteiger partial charge in [0, 0.05) is 11.2 Å². The molecule has 1 fully saturated rings. The van der Waals surface area contributed by atoms with Gasteiger partial charge in [0.15, 0.2) is 0 Å². The maximum atomic E-state index is 3.42. The molecule has 0 spiro atoms. The van der Waals surface area contributed by atoms with E-state index in [0.29, 0.717) is 0 Å². The molecule has 1 N–H and O–H groups in total. The van der Waals surface area contributed by atoms with Crippen molar-refractivity contribution in [2.75, 3.05) is 13.6 Å². The van der Waals surface area contributed by atoms with Crippen LogP contribution in [0.25, 0.3) is 15.7 Å². The number of rotatable bonds is 3. The van der Waals surface area contributed by atoms with Crippen LogP contribution in [0.5, 0.6) is 0 Å². The predicted molar refractivity (Wildman–Crippen MR) is 100 cm³/mol. The Bertz CT molecular complexity index is 707. The van der Waals surface area contributed by atoms with Gasteiger partial charge in [-0.3, -0.25) is 0 Å². The first kappa shape index (κ1) is 16.0. The Balaban J connectivity index is 0.00000144. The molecule has 1 aromatic carbocycles. The summed E-state index contributed by atoms with van der Waals surface area (Å²) in [6.45, 7) is 3.30. The Labute approximate surface area is 143 Å². The molecule has 0 aliphatic heterocycles. The lowest BCUT2D eigenvalue weighted by Gasteiger charge is -2.41. The van der Waals surface area contributed by atoms with Crippen molar-refractivity contribution in [2.24, 2.45) is 11.8 Å². The van der Waals surface area contributed by atoms with Crippen LogP contribution in [0, 0.1) is 18.8 Å². The smallest absolute Gasteiger partial charge is 0.0420 e. The van der Waals surface area contributed by atoms with Gasteiger partial charge in [0.2, 0.25) is 0 Å². The minimum absolute atomic E-state index is 0. The molecule has 5 rings (SSSR count). The van der Waals surface area contributed by atoms with Crippen molar-refractivity contribution >= 4 is 39.4 Å². The molecule has 2 aromatic rings. The molecular weight excluding hydrogens is 310 g/mol. The maximum Gasteiger partial charge on any atom is 0.0420 e. The van der Waals surface area contributed by atoms with Crippen LogP contribution < -0.4 is 5.32 Å². The number of aryl methyl sites for hydroxylation is 1. The van der Waals surface area contributed by atoms with Crippen molar-refractivity contribution < 1.29 is 0 Å². The molecule has 1 heterocycles. The topological polar surface area (TPSA) is 12.0 Å². The lowest BCUT2D eigenvalue weighted by atomic mass is 9.65. The molecule has 1 saturated carbocycles. The van der Waals surface area contributed by atoms with Gasteiger partial charge >= 0.3 is 0 Å². The van der Waals surface area contributed by atoms with Gasteiger partial charge in [0.05, 0.1) is 0 Å². The standard InChI is InChI=1S/C19H23NS.ClH/c1-12-11-21-19-15(12)4-3-5-16(19)18-14-8-6-13(7-9-14)17(18)10-20-2;/h3-5,11,13-14,20H,6-10H2,1-2H3;1H. The molecule has 0 atom stereocenters. The second-order valence-electron chi connectivity index (χ2n) is 6.62. The summed E-state index contributed by atoms with van der Waals surface area (Å²) in [7, 11) is 2.09. The SMILES string of the molecule is CNCC1=C(c2cccc3c(C)csc23)C2CCC1CC2.Cl. The largest absolute Gasteiger partial charge is 0.316 e. The van der Waals surface area contributed by atoms with Crippen LogP contribution in [0.4, 0.5) is 0 Å². The fourth-order valence-electron chi connectivity index (χ4n) is 4.43. The van der Waals surface area contributed by atoms with Crippen molar-refractivity contribution in [1.29, 1.82) is 0 Å². The molecule has 0 unspecified atom stereocenters. The fourth-order valence-corrected chi connectivity index (χ4v) is 5.52. The monoisotopic (exact) mass is 333 g/mol. The number of benzene rings is 1. The average Bonchev–Trinajstić information content (AvgIpc) is 2.91. The quantitative estimate of drug-likeness (QED) is 0.790. The number of thiophene rings is 1. The molecule has 2 bridgehead atoms. The van der Waals surface area contributed by atoms with Crippen molar-refractivity contribution in [2.45, 2.75) is 32.6 Å². The van der Waals surface area contributed by atoms with E-state index in [9.17, 15) is 0 Å². The maximum absolute atomic E-state index is 3.42. The number of nitrogens with one attached hydrogen (secondary N) is 1. The van der Waals surface area contributed by atoms with Gasteiger partial charge in [-0.1, -0.05) is 18.2 Å². The molecule has 1 aromatic heterocycles. The minimum atomic E-state index is 0. The molecule has 0 radical (unpaired) electrons. The van der Waals surface area contributed by atoms with Gasteiger partial charge in [0.1, 0.15) is 0 Å². The zero-order valence-corrected chi connectivity index (χ0v) is 14.9. The van der Waals surface area contributed by atoms with Crippen LogP contribution in [-0.4, -0.2) is 13.6 Å². The van der Waals surface area contributed by atoms with Crippen LogP contribution in [0.3, 0.4) is 0 Å². The number of likely N-dealkylation sites (N-methyl/N-ethyl adjacent to an activating group) is 1. The highest BCUT2D eigenvalue weighted by Gasteiger charge is 2.35. The Hall–Kier alpha value is -0.830. The molecule has 118 valence electrons. The van der Waals surface area contributed by atoms with Gasteiger partial charge in [-0.05, 0) is 84.5 Å². The Morgan fingerprint density at radius 3 is 2.59 bits per heavy atom. The summed E-state index contributed by atoms with van der Waals surface area (Å²) in [5.41, 5.74) is 6.36. The van der Waals surface area contributed by atoms with E-state index in [2.05, 4.69) is 42.9 Å². The number of halogens is 1. The van der Waals surface area contributed by atoms with Crippen LogP contribution >= 0.6 is 23.7 Å². The molecule has 0 amide bonds. The second-order valence-corrected chi connectivity index (χ2v) is 7.50. The van der Waals surface area contributed by atoms with Gasteiger partial charge in [-0.25, -0.2) is 0 Å². The molecule has 0 saturated heterocycles. The first-order chi connectivity index (χ1) is 10.3. The predicted octanol–water partition coefficient (Wildman–Crippen LogP) is 5.42. The Morgan fingerprint density at radius 1 is 1.14 bits per heavy atom. The molecule has 3 heteroatoms. The Morgan fingerprint density at radius 2 is 1.86 bits per heavy atom.